The summed E-state index contributed by atoms with van der Waals surface area (Å²) < 4.78 is 0. The van der Waals surface area contributed by atoms with Crippen molar-refractivity contribution in [3.8, 4) is 0 Å². The Hall–Kier alpha value is -2.29. The third kappa shape index (κ3) is 2.71. The monoisotopic (exact) mass is 294 g/mol. The van der Waals surface area contributed by atoms with Gasteiger partial charge in [-0.05, 0) is 37.1 Å². The third-order valence-electron chi connectivity index (χ3n) is 4.22. The molecule has 114 valence electrons. The minimum absolute atomic E-state index is 0.0855. The predicted octanol–water partition coefficient (Wildman–Crippen LogP) is 4.38. The quantitative estimate of drug-likeness (QED) is 0.911. The van der Waals surface area contributed by atoms with Gasteiger partial charge in [-0.25, -0.2) is 0 Å². The lowest BCUT2D eigenvalue weighted by atomic mass is 9.91. The molecule has 3 nitrogen and oxygen atoms in total. The van der Waals surface area contributed by atoms with Crippen molar-refractivity contribution in [2.45, 2.75) is 38.8 Å². The average molecular weight is 294 g/mol. The number of hydrogen-bond donors (Lipinski definition) is 1. The van der Waals surface area contributed by atoms with Crippen LogP contribution in [0.5, 0.6) is 0 Å². The lowest BCUT2D eigenvalue weighted by Crippen LogP contribution is -2.40. The number of rotatable bonds is 3. The molecule has 0 aromatic heterocycles. The number of amides is 1. The SMILES string of the molecule is CCC(=O)N(c1ccccc1)[C@H]1C[C@H](C)Nc2ccccc21. The summed E-state index contributed by atoms with van der Waals surface area (Å²) in [7, 11) is 0. The molecule has 3 rings (SSSR count). The van der Waals surface area contributed by atoms with Crippen LogP contribution in [-0.4, -0.2) is 11.9 Å². The van der Waals surface area contributed by atoms with Crippen molar-refractivity contribution in [1.29, 1.82) is 0 Å². The van der Waals surface area contributed by atoms with Gasteiger partial charge in [-0.3, -0.25) is 4.79 Å². The van der Waals surface area contributed by atoms with Gasteiger partial charge < -0.3 is 10.2 Å². The summed E-state index contributed by atoms with van der Waals surface area (Å²) in [4.78, 5) is 14.6. The Morgan fingerprint density at radius 1 is 1.14 bits per heavy atom. The van der Waals surface area contributed by atoms with E-state index < -0.39 is 0 Å². The van der Waals surface area contributed by atoms with Crippen molar-refractivity contribution < 1.29 is 4.79 Å². The largest absolute Gasteiger partial charge is 0.382 e. The van der Waals surface area contributed by atoms with Crippen molar-refractivity contribution >= 4 is 17.3 Å². The summed E-state index contributed by atoms with van der Waals surface area (Å²) in [5.41, 5.74) is 3.31. The maximum atomic E-state index is 12.6. The number of nitrogens with one attached hydrogen (secondary N) is 1. The Balaban J connectivity index is 2.07. The number of hydrogen-bond acceptors (Lipinski definition) is 2. The second-order valence-electron chi connectivity index (χ2n) is 5.84. The lowest BCUT2D eigenvalue weighted by Gasteiger charge is -2.39. The van der Waals surface area contributed by atoms with Gasteiger partial charge in [0.25, 0.3) is 0 Å². The fraction of sp³-hybridized carbons (Fsp3) is 0.316. The van der Waals surface area contributed by atoms with E-state index in [-0.39, 0.29) is 11.9 Å². The van der Waals surface area contributed by atoms with E-state index in [9.17, 15) is 4.79 Å². The van der Waals surface area contributed by atoms with Gasteiger partial charge in [-0.15, -0.1) is 0 Å². The molecule has 0 radical (unpaired) electrons. The molecule has 22 heavy (non-hydrogen) atoms. The molecule has 1 amide bonds. The van der Waals surface area contributed by atoms with Crippen LogP contribution in [0.3, 0.4) is 0 Å². The molecule has 0 bridgehead atoms. The average Bonchev–Trinajstić information content (AvgIpc) is 2.55. The Labute approximate surface area is 132 Å². The van der Waals surface area contributed by atoms with Crippen LogP contribution in [0.1, 0.15) is 38.3 Å². The van der Waals surface area contributed by atoms with Gasteiger partial charge in [0.15, 0.2) is 0 Å². The number of para-hydroxylation sites is 2. The third-order valence-corrected chi connectivity index (χ3v) is 4.22. The van der Waals surface area contributed by atoms with Gasteiger partial charge in [0, 0.05) is 23.8 Å². The summed E-state index contributed by atoms with van der Waals surface area (Å²) >= 11 is 0. The van der Waals surface area contributed by atoms with E-state index in [0.717, 1.165) is 17.8 Å². The Bertz CT molecular complexity index is 653. The van der Waals surface area contributed by atoms with Gasteiger partial charge in [-0.1, -0.05) is 43.3 Å². The van der Waals surface area contributed by atoms with Crippen LogP contribution in [0.4, 0.5) is 11.4 Å². The Kier molecular flexibility index (Phi) is 4.14. The van der Waals surface area contributed by atoms with E-state index >= 15 is 0 Å². The maximum Gasteiger partial charge on any atom is 0.227 e. The number of nitrogens with zero attached hydrogens (tertiary/aromatic N) is 1. The first-order valence-corrected chi connectivity index (χ1v) is 7.93. The topological polar surface area (TPSA) is 32.3 Å². The first-order chi connectivity index (χ1) is 10.7. The van der Waals surface area contributed by atoms with E-state index in [1.165, 1.54) is 5.56 Å². The van der Waals surface area contributed by atoms with Gasteiger partial charge in [0.05, 0.1) is 6.04 Å². The summed E-state index contributed by atoms with van der Waals surface area (Å²) in [5.74, 6) is 0.167. The molecule has 2 aromatic rings. The molecule has 0 aliphatic carbocycles. The number of carbonyl (C=O) groups is 1. The van der Waals surface area contributed by atoms with Crippen LogP contribution in [-0.2, 0) is 4.79 Å². The van der Waals surface area contributed by atoms with E-state index in [2.05, 4.69) is 24.4 Å². The molecule has 0 saturated heterocycles. The van der Waals surface area contributed by atoms with Gasteiger partial charge >= 0.3 is 0 Å². The number of carbonyl (C=O) groups excluding carboxylic acids is 1. The normalized spacial score (nSPS) is 19.9. The Morgan fingerprint density at radius 2 is 1.82 bits per heavy atom. The highest BCUT2D eigenvalue weighted by molar-refractivity contribution is 5.94. The maximum absolute atomic E-state index is 12.6. The fourth-order valence-corrected chi connectivity index (χ4v) is 3.21. The van der Waals surface area contributed by atoms with Gasteiger partial charge in [0.2, 0.25) is 5.91 Å². The van der Waals surface area contributed by atoms with Crippen LogP contribution in [0.25, 0.3) is 0 Å². The molecule has 3 heteroatoms. The highest BCUT2D eigenvalue weighted by Crippen LogP contribution is 2.39. The molecule has 1 aliphatic heterocycles. The molecule has 1 heterocycles. The molecule has 0 saturated carbocycles. The number of fused-ring (bicyclic) bond motifs is 1. The van der Waals surface area contributed by atoms with Gasteiger partial charge in [-0.2, -0.15) is 0 Å². The lowest BCUT2D eigenvalue weighted by molar-refractivity contribution is -0.118. The molecule has 1 N–H and O–H groups in total. The second kappa shape index (κ2) is 6.22. The molecule has 0 spiro atoms. The summed E-state index contributed by atoms with van der Waals surface area (Å²) in [6.45, 7) is 4.09. The molecular weight excluding hydrogens is 272 g/mol. The van der Waals surface area contributed by atoms with Crippen LogP contribution < -0.4 is 10.2 Å². The highest BCUT2D eigenvalue weighted by atomic mass is 16.2. The summed E-state index contributed by atoms with van der Waals surface area (Å²) in [6.07, 6.45) is 1.42. The van der Waals surface area contributed by atoms with Crippen LogP contribution in [0.2, 0.25) is 0 Å². The second-order valence-corrected chi connectivity index (χ2v) is 5.84. The highest BCUT2D eigenvalue weighted by Gasteiger charge is 2.31. The van der Waals surface area contributed by atoms with E-state index in [4.69, 9.17) is 0 Å². The first-order valence-electron chi connectivity index (χ1n) is 7.93. The van der Waals surface area contributed by atoms with Crippen molar-refractivity contribution in [3.05, 3.63) is 60.2 Å². The minimum atomic E-state index is 0.0855. The smallest absolute Gasteiger partial charge is 0.227 e. The zero-order valence-corrected chi connectivity index (χ0v) is 13.1. The Morgan fingerprint density at radius 3 is 2.55 bits per heavy atom. The number of anilines is 2. The molecular formula is C19H22N2O. The molecule has 2 atom stereocenters. The van der Waals surface area contributed by atoms with E-state index in [1.807, 2.05) is 54.3 Å². The minimum Gasteiger partial charge on any atom is -0.382 e. The van der Waals surface area contributed by atoms with Crippen molar-refractivity contribution in [2.24, 2.45) is 0 Å². The molecule has 0 fully saturated rings. The zero-order chi connectivity index (χ0) is 15.5. The molecule has 0 unspecified atom stereocenters. The van der Waals surface area contributed by atoms with Crippen LogP contribution in [0.15, 0.2) is 54.6 Å². The molecule has 1 aliphatic rings. The van der Waals surface area contributed by atoms with E-state index in [0.29, 0.717) is 12.5 Å². The van der Waals surface area contributed by atoms with Crippen LogP contribution >= 0.6 is 0 Å². The zero-order valence-electron chi connectivity index (χ0n) is 13.1. The van der Waals surface area contributed by atoms with Crippen molar-refractivity contribution in [1.82, 2.24) is 0 Å². The standard InChI is InChI=1S/C19H22N2O/c1-3-19(22)21(15-9-5-4-6-10-15)18-13-14(2)20-17-12-8-7-11-16(17)18/h4-12,14,18,20H,3,13H2,1-2H3/t14-,18-/m0/s1. The van der Waals surface area contributed by atoms with Crippen LogP contribution in [0, 0.1) is 0 Å². The fourth-order valence-electron chi connectivity index (χ4n) is 3.21. The summed E-state index contributed by atoms with van der Waals surface area (Å²) in [5, 5.41) is 3.52. The van der Waals surface area contributed by atoms with Gasteiger partial charge in [0.1, 0.15) is 0 Å². The first kappa shape index (κ1) is 14.6. The molecule has 2 aromatic carbocycles. The van der Waals surface area contributed by atoms with E-state index in [1.54, 1.807) is 0 Å². The van der Waals surface area contributed by atoms with Crippen molar-refractivity contribution in [3.63, 3.8) is 0 Å². The summed E-state index contributed by atoms with van der Waals surface area (Å²) in [6, 6.07) is 18.7. The van der Waals surface area contributed by atoms with Crippen molar-refractivity contribution in [2.75, 3.05) is 10.2 Å². The predicted molar refractivity (Wildman–Crippen MR) is 91.1 cm³/mol. The number of benzene rings is 2.